The number of aromatic nitrogens is 2. The number of carbonyl (C=O) groups is 1. The Morgan fingerprint density at radius 1 is 1.21 bits per heavy atom. The van der Waals surface area contributed by atoms with Crippen LogP contribution in [0.25, 0.3) is 5.65 Å². The number of fused-ring (bicyclic) bond motifs is 1. The first kappa shape index (κ1) is 13.7. The molecule has 0 bridgehead atoms. The summed E-state index contributed by atoms with van der Waals surface area (Å²) >= 11 is 0. The van der Waals surface area contributed by atoms with Crippen LogP contribution in [0.2, 0.25) is 0 Å². The van der Waals surface area contributed by atoms with Crippen molar-refractivity contribution in [3.8, 4) is 0 Å². The highest BCUT2D eigenvalue weighted by atomic mass is 32.2. The Morgan fingerprint density at radius 2 is 1.84 bits per heavy atom. The van der Waals surface area contributed by atoms with Crippen molar-refractivity contribution in [2.75, 3.05) is 6.26 Å². The molecule has 0 aliphatic heterocycles. The number of Topliss-reactive ketones (excluding diaryl/α,β-unsaturated/α-hetero) is 1. The number of pyridine rings is 1. The molecule has 2 aromatic rings. The zero-order chi connectivity index (χ0) is 14.4. The third-order valence-electron chi connectivity index (χ3n) is 2.77. The highest BCUT2D eigenvalue weighted by molar-refractivity contribution is 7.90. The van der Waals surface area contributed by atoms with E-state index in [0.29, 0.717) is 11.3 Å². The molecule has 0 aliphatic carbocycles. The molecule has 0 spiro atoms. The summed E-state index contributed by atoms with van der Waals surface area (Å²) in [7, 11) is -3.27. The van der Waals surface area contributed by atoms with Gasteiger partial charge in [-0.25, -0.2) is 13.4 Å². The molecule has 2 rings (SSSR count). The molecular formula is C13H16N2O3S. The van der Waals surface area contributed by atoms with Gasteiger partial charge in [-0.15, -0.1) is 0 Å². The van der Waals surface area contributed by atoms with Crippen LogP contribution in [0.1, 0.15) is 31.3 Å². The fourth-order valence-corrected chi connectivity index (χ4v) is 2.30. The fraction of sp³-hybridized carbons (Fsp3) is 0.385. The Morgan fingerprint density at radius 3 is 2.37 bits per heavy atom. The molecule has 0 unspecified atom stereocenters. The van der Waals surface area contributed by atoms with Crippen molar-refractivity contribution in [2.24, 2.45) is 5.41 Å². The van der Waals surface area contributed by atoms with E-state index in [1.807, 2.05) is 20.8 Å². The predicted molar refractivity (Wildman–Crippen MR) is 72.1 cm³/mol. The van der Waals surface area contributed by atoms with Crippen LogP contribution in [-0.4, -0.2) is 29.8 Å². The van der Waals surface area contributed by atoms with Crippen LogP contribution >= 0.6 is 0 Å². The summed E-state index contributed by atoms with van der Waals surface area (Å²) in [5.74, 6) is -0.0721. The number of hydrogen-bond donors (Lipinski definition) is 0. The SMILES string of the molecule is CC(C)(C)C(=O)c1cn2cc(S(C)(=O)=O)ccc2n1. The lowest BCUT2D eigenvalue weighted by molar-refractivity contribution is 0.0853. The predicted octanol–water partition coefficient (Wildman–Crippen LogP) is 1.97. The van der Waals surface area contributed by atoms with Gasteiger partial charge in [0.1, 0.15) is 11.3 Å². The molecule has 0 fully saturated rings. The van der Waals surface area contributed by atoms with Crippen molar-refractivity contribution in [1.29, 1.82) is 0 Å². The Hall–Kier alpha value is -1.69. The van der Waals surface area contributed by atoms with Crippen LogP contribution in [0.4, 0.5) is 0 Å². The maximum absolute atomic E-state index is 12.1. The zero-order valence-corrected chi connectivity index (χ0v) is 12.2. The van der Waals surface area contributed by atoms with Gasteiger partial charge in [-0.3, -0.25) is 4.79 Å². The molecule has 2 aromatic heterocycles. The monoisotopic (exact) mass is 280 g/mol. The molecule has 0 aliphatic rings. The van der Waals surface area contributed by atoms with Gasteiger partial charge in [0, 0.05) is 24.1 Å². The van der Waals surface area contributed by atoms with Crippen LogP contribution in [-0.2, 0) is 9.84 Å². The minimum atomic E-state index is -3.27. The first-order chi connectivity index (χ1) is 8.59. The molecule has 0 atom stereocenters. The molecule has 0 aromatic carbocycles. The smallest absolute Gasteiger partial charge is 0.188 e. The van der Waals surface area contributed by atoms with E-state index in [1.165, 1.54) is 12.3 Å². The third kappa shape index (κ3) is 2.68. The summed E-state index contributed by atoms with van der Waals surface area (Å²) in [5.41, 5.74) is 0.385. The number of imidazole rings is 1. The van der Waals surface area contributed by atoms with E-state index in [9.17, 15) is 13.2 Å². The van der Waals surface area contributed by atoms with Crippen molar-refractivity contribution in [3.63, 3.8) is 0 Å². The Labute approximate surface area is 112 Å². The maximum atomic E-state index is 12.1. The standard InChI is InChI=1S/C13H16N2O3S/c1-13(2,3)12(16)10-8-15-7-9(19(4,17)18)5-6-11(15)14-10/h5-8H,1-4H3. The average Bonchev–Trinajstić information content (AvgIpc) is 2.67. The number of carbonyl (C=O) groups excluding carboxylic acids is 1. The minimum Gasteiger partial charge on any atom is -0.305 e. The van der Waals surface area contributed by atoms with E-state index in [-0.39, 0.29) is 10.7 Å². The van der Waals surface area contributed by atoms with Crippen LogP contribution in [0.5, 0.6) is 0 Å². The lowest BCUT2D eigenvalue weighted by Gasteiger charge is -2.13. The summed E-state index contributed by atoms with van der Waals surface area (Å²) in [5, 5.41) is 0. The number of ketones is 1. The lowest BCUT2D eigenvalue weighted by atomic mass is 9.89. The van der Waals surface area contributed by atoms with E-state index in [2.05, 4.69) is 4.98 Å². The minimum absolute atomic E-state index is 0.0721. The van der Waals surface area contributed by atoms with Gasteiger partial charge < -0.3 is 4.40 Å². The zero-order valence-electron chi connectivity index (χ0n) is 11.3. The van der Waals surface area contributed by atoms with Crippen LogP contribution < -0.4 is 0 Å². The number of hydrogen-bond acceptors (Lipinski definition) is 4. The second-order valence-corrected chi connectivity index (χ2v) is 7.62. The molecule has 6 heteroatoms. The summed E-state index contributed by atoms with van der Waals surface area (Å²) in [4.78, 5) is 16.5. The topological polar surface area (TPSA) is 68.5 Å². The summed E-state index contributed by atoms with van der Waals surface area (Å²) in [6, 6.07) is 3.08. The molecule has 102 valence electrons. The Kier molecular flexibility index (Phi) is 3.01. The number of rotatable bonds is 2. The quantitative estimate of drug-likeness (QED) is 0.789. The molecule has 5 nitrogen and oxygen atoms in total. The summed E-state index contributed by atoms with van der Waals surface area (Å²) < 4.78 is 24.5. The fourth-order valence-electron chi connectivity index (χ4n) is 1.68. The van der Waals surface area contributed by atoms with Crippen LogP contribution in [0.15, 0.2) is 29.4 Å². The van der Waals surface area contributed by atoms with E-state index in [4.69, 9.17) is 0 Å². The van der Waals surface area contributed by atoms with Crippen LogP contribution in [0, 0.1) is 5.41 Å². The van der Waals surface area contributed by atoms with Gasteiger partial charge in [-0.2, -0.15) is 0 Å². The van der Waals surface area contributed by atoms with Crippen molar-refractivity contribution < 1.29 is 13.2 Å². The van der Waals surface area contributed by atoms with Gasteiger partial charge in [0.05, 0.1) is 4.90 Å². The molecule has 0 radical (unpaired) electrons. The number of nitrogens with zero attached hydrogens (tertiary/aromatic N) is 2. The second-order valence-electron chi connectivity index (χ2n) is 5.61. The van der Waals surface area contributed by atoms with Gasteiger partial charge in [-0.1, -0.05) is 20.8 Å². The van der Waals surface area contributed by atoms with Crippen molar-refractivity contribution in [2.45, 2.75) is 25.7 Å². The van der Waals surface area contributed by atoms with Gasteiger partial charge in [-0.05, 0) is 12.1 Å². The van der Waals surface area contributed by atoms with Gasteiger partial charge in [0.2, 0.25) is 0 Å². The third-order valence-corrected chi connectivity index (χ3v) is 3.86. The van der Waals surface area contributed by atoms with Gasteiger partial charge in [0.15, 0.2) is 15.6 Å². The van der Waals surface area contributed by atoms with E-state index < -0.39 is 15.3 Å². The van der Waals surface area contributed by atoms with Crippen LogP contribution in [0.3, 0.4) is 0 Å². The van der Waals surface area contributed by atoms with Gasteiger partial charge in [0.25, 0.3) is 0 Å². The molecule has 19 heavy (non-hydrogen) atoms. The maximum Gasteiger partial charge on any atom is 0.188 e. The molecule has 0 N–H and O–H groups in total. The molecular weight excluding hydrogens is 264 g/mol. The summed E-state index contributed by atoms with van der Waals surface area (Å²) in [6.07, 6.45) is 4.18. The Bertz CT molecular complexity index is 752. The highest BCUT2D eigenvalue weighted by Gasteiger charge is 2.25. The van der Waals surface area contributed by atoms with E-state index in [0.717, 1.165) is 6.26 Å². The normalized spacial score (nSPS) is 12.8. The van der Waals surface area contributed by atoms with E-state index in [1.54, 1.807) is 16.7 Å². The highest BCUT2D eigenvalue weighted by Crippen LogP contribution is 2.21. The number of sulfone groups is 1. The van der Waals surface area contributed by atoms with E-state index >= 15 is 0 Å². The molecule has 0 saturated heterocycles. The molecule has 0 amide bonds. The lowest BCUT2D eigenvalue weighted by Crippen LogP contribution is -2.20. The van der Waals surface area contributed by atoms with Gasteiger partial charge >= 0.3 is 0 Å². The molecule has 0 saturated carbocycles. The van der Waals surface area contributed by atoms with Crippen molar-refractivity contribution in [1.82, 2.24) is 9.38 Å². The second kappa shape index (κ2) is 4.16. The summed E-state index contributed by atoms with van der Waals surface area (Å²) in [6.45, 7) is 5.46. The largest absolute Gasteiger partial charge is 0.305 e. The first-order valence-electron chi connectivity index (χ1n) is 5.83. The van der Waals surface area contributed by atoms with Crippen molar-refractivity contribution >= 4 is 21.3 Å². The molecule has 2 heterocycles. The van der Waals surface area contributed by atoms with Crippen molar-refractivity contribution in [3.05, 3.63) is 30.2 Å². The first-order valence-corrected chi connectivity index (χ1v) is 7.72. The average molecular weight is 280 g/mol. The Balaban J connectivity index is 2.56.